The van der Waals surface area contributed by atoms with E-state index in [1.807, 2.05) is 0 Å². The second-order valence-electron chi connectivity index (χ2n) is 5.13. The third kappa shape index (κ3) is 5.84. The molecule has 0 aliphatic heterocycles. The molecule has 0 spiro atoms. The highest BCUT2D eigenvalue weighted by atomic mass is 16.5. The molecule has 0 heterocycles. The normalized spacial score (nSPS) is 10.1. The van der Waals surface area contributed by atoms with Crippen LogP contribution in [0.5, 0.6) is 11.5 Å². The summed E-state index contributed by atoms with van der Waals surface area (Å²) >= 11 is 0. The molecule has 0 aliphatic rings. The Morgan fingerprint density at radius 1 is 0.920 bits per heavy atom. The lowest BCUT2D eigenvalue weighted by Crippen LogP contribution is -2.07. The molecule has 0 aromatic heterocycles. The Morgan fingerprint density at radius 2 is 1.60 bits per heavy atom. The van der Waals surface area contributed by atoms with Gasteiger partial charge in [-0.3, -0.25) is 0 Å². The van der Waals surface area contributed by atoms with Gasteiger partial charge < -0.3 is 19.3 Å². The molecule has 25 heavy (non-hydrogen) atoms. The van der Waals surface area contributed by atoms with Crippen LogP contribution in [0.3, 0.4) is 0 Å². The Bertz CT molecular complexity index is 708. The standard InChI is InChI=1S/C19H20O6/c1-2-23-19(22)15-5-3-6-17(13-15)25-12-4-11-24-16-9-7-14(8-10-16)18(20)21/h3,5-10,13H,2,4,11-12H2,1H3,(H,20,21). The minimum absolute atomic E-state index is 0.220. The van der Waals surface area contributed by atoms with Crippen molar-refractivity contribution >= 4 is 11.9 Å². The summed E-state index contributed by atoms with van der Waals surface area (Å²) in [7, 11) is 0. The lowest BCUT2D eigenvalue weighted by Gasteiger charge is -2.09. The number of aromatic carboxylic acids is 1. The minimum atomic E-state index is -0.968. The maximum absolute atomic E-state index is 11.7. The number of hydrogen-bond donors (Lipinski definition) is 1. The molecule has 132 valence electrons. The highest BCUT2D eigenvalue weighted by molar-refractivity contribution is 5.89. The van der Waals surface area contributed by atoms with Gasteiger partial charge in [0, 0.05) is 6.42 Å². The molecule has 0 atom stereocenters. The Morgan fingerprint density at radius 3 is 2.24 bits per heavy atom. The second-order valence-corrected chi connectivity index (χ2v) is 5.13. The van der Waals surface area contributed by atoms with Crippen molar-refractivity contribution in [3.63, 3.8) is 0 Å². The fourth-order valence-electron chi connectivity index (χ4n) is 2.06. The van der Waals surface area contributed by atoms with E-state index >= 15 is 0 Å². The van der Waals surface area contributed by atoms with Crippen LogP contribution >= 0.6 is 0 Å². The number of rotatable bonds is 9. The Kier molecular flexibility index (Phi) is 6.83. The first kappa shape index (κ1) is 18.3. The molecular weight excluding hydrogens is 324 g/mol. The van der Waals surface area contributed by atoms with Gasteiger partial charge in [-0.2, -0.15) is 0 Å². The SMILES string of the molecule is CCOC(=O)c1cccc(OCCCOc2ccc(C(=O)O)cc2)c1. The number of esters is 1. The summed E-state index contributed by atoms with van der Waals surface area (Å²) in [6.07, 6.45) is 0.643. The van der Waals surface area contributed by atoms with Gasteiger partial charge in [-0.15, -0.1) is 0 Å². The summed E-state index contributed by atoms with van der Waals surface area (Å²) in [6.45, 7) is 2.95. The molecule has 0 bridgehead atoms. The molecule has 0 radical (unpaired) electrons. The van der Waals surface area contributed by atoms with Gasteiger partial charge in [0.2, 0.25) is 0 Å². The van der Waals surface area contributed by atoms with E-state index in [-0.39, 0.29) is 11.5 Å². The fraction of sp³-hybridized carbons (Fsp3) is 0.263. The lowest BCUT2D eigenvalue weighted by molar-refractivity contribution is 0.0525. The van der Waals surface area contributed by atoms with Gasteiger partial charge in [-0.1, -0.05) is 6.07 Å². The third-order valence-corrected chi connectivity index (χ3v) is 3.27. The molecule has 0 saturated carbocycles. The van der Waals surface area contributed by atoms with Gasteiger partial charge in [0.25, 0.3) is 0 Å². The molecule has 2 aromatic rings. The number of carboxylic acids is 1. The van der Waals surface area contributed by atoms with Crippen molar-refractivity contribution < 1.29 is 28.9 Å². The lowest BCUT2D eigenvalue weighted by atomic mass is 10.2. The maximum Gasteiger partial charge on any atom is 0.338 e. The van der Waals surface area contributed by atoms with E-state index in [0.29, 0.717) is 43.3 Å². The fourth-order valence-corrected chi connectivity index (χ4v) is 2.06. The quantitative estimate of drug-likeness (QED) is 0.554. The van der Waals surface area contributed by atoms with Crippen molar-refractivity contribution in [3.8, 4) is 11.5 Å². The van der Waals surface area contributed by atoms with Crippen molar-refractivity contribution in [1.82, 2.24) is 0 Å². The van der Waals surface area contributed by atoms with Gasteiger partial charge in [-0.05, 0) is 49.4 Å². The average molecular weight is 344 g/mol. The summed E-state index contributed by atoms with van der Waals surface area (Å²) in [5.41, 5.74) is 0.672. The van der Waals surface area contributed by atoms with E-state index in [4.69, 9.17) is 19.3 Å². The number of carboxylic acid groups (broad SMARTS) is 1. The van der Waals surface area contributed by atoms with Crippen LogP contribution in [0.1, 0.15) is 34.1 Å². The van der Waals surface area contributed by atoms with E-state index in [9.17, 15) is 9.59 Å². The molecule has 6 heteroatoms. The van der Waals surface area contributed by atoms with Crippen LogP contribution < -0.4 is 9.47 Å². The van der Waals surface area contributed by atoms with Crippen molar-refractivity contribution in [2.75, 3.05) is 19.8 Å². The molecule has 2 rings (SSSR count). The number of benzene rings is 2. The number of carbonyl (C=O) groups excluding carboxylic acids is 1. The monoisotopic (exact) mass is 344 g/mol. The van der Waals surface area contributed by atoms with Gasteiger partial charge in [0.1, 0.15) is 11.5 Å². The molecule has 0 fully saturated rings. The first-order valence-electron chi connectivity index (χ1n) is 7.96. The first-order valence-corrected chi connectivity index (χ1v) is 7.96. The summed E-state index contributed by atoms with van der Waals surface area (Å²) in [6, 6.07) is 13.1. The molecule has 0 aliphatic carbocycles. The van der Waals surface area contributed by atoms with E-state index in [2.05, 4.69) is 0 Å². The van der Waals surface area contributed by atoms with E-state index in [0.717, 1.165) is 0 Å². The highest BCUT2D eigenvalue weighted by Gasteiger charge is 2.07. The van der Waals surface area contributed by atoms with Gasteiger partial charge in [0.15, 0.2) is 0 Å². The van der Waals surface area contributed by atoms with Crippen molar-refractivity contribution in [2.24, 2.45) is 0 Å². The molecule has 1 N–H and O–H groups in total. The highest BCUT2D eigenvalue weighted by Crippen LogP contribution is 2.15. The Hall–Kier alpha value is -3.02. The number of ether oxygens (including phenoxy) is 3. The van der Waals surface area contributed by atoms with Crippen LogP contribution in [0, 0.1) is 0 Å². The number of carbonyl (C=O) groups is 2. The van der Waals surface area contributed by atoms with Gasteiger partial charge in [0.05, 0.1) is 30.9 Å². The minimum Gasteiger partial charge on any atom is -0.493 e. The molecule has 0 saturated heterocycles. The Balaban J connectivity index is 1.73. The zero-order chi connectivity index (χ0) is 18.1. The summed E-state index contributed by atoms with van der Waals surface area (Å²) in [4.78, 5) is 22.4. The van der Waals surface area contributed by atoms with E-state index in [1.165, 1.54) is 12.1 Å². The van der Waals surface area contributed by atoms with Gasteiger partial charge >= 0.3 is 11.9 Å². The summed E-state index contributed by atoms with van der Waals surface area (Å²) in [5, 5.41) is 8.83. The van der Waals surface area contributed by atoms with Gasteiger partial charge in [-0.25, -0.2) is 9.59 Å². The van der Waals surface area contributed by atoms with Crippen LogP contribution in [-0.4, -0.2) is 36.9 Å². The van der Waals surface area contributed by atoms with Crippen LogP contribution in [0.4, 0.5) is 0 Å². The topological polar surface area (TPSA) is 82.1 Å². The van der Waals surface area contributed by atoms with Crippen LogP contribution in [-0.2, 0) is 4.74 Å². The third-order valence-electron chi connectivity index (χ3n) is 3.27. The molecule has 2 aromatic carbocycles. The Labute approximate surface area is 146 Å². The second kappa shape index (κ2) is 9.32. The van der Waals surface area contributed by atoms with E-state index in [1.54, 1.807) is 43.3 Å². The molecular formula is C19H20O6. The molecule has 6 nitrogen and oxygen atoms in total. The van der Waals surface area contributed by atoms with Crippen molar-refractivity contribution in [1.29, 1.82) is 0 Å². The predicted molar refractivity (Wildman–Crippen MR) is 91.4 cm³/mol. The molecule has 0 amide bonds. The van der Waals surface area contributed by atoms with E-state index < -0.39 is 5.97 Å². The summed E-state index contributed by atoms with van der Waals surface area (Å²) < 4.78 is 16.1. The van der Waals surface area contributed by atoms with Crippen molar-refractivity contribution in [3.05, 3.63) is 59.7 Å². The zero-order valence-electron chi connectivity index (χ0n) is 13.9. The maximum atomic E-state index is 11.7. The average Bonchev–Trinajstić information content (AvgIpc) is 2.62. The smallest absolute Gasteiger partial charge is 0.338 e. The first-order chi connectivity index (χ1) is 12.1. The summed E-state index contributed by atoms with van der Waals surface area (Å²) in [5.74, 6) is -0.142. The molecule has 0 unspecified atom stereocenters. The predicted octanol–water partition coefficient (Wildman–Crippen LogP) is 3.41. The van der Waals surface area contributed by atoms with Crippen LogP contribution in [0.15, 0.2) is 48.5 Å². The van der Waals surface area contributed by atoms with Crippen LogP contribution in [0.2, 0.25) is 0 Å². The largest absolute Gasteiger partial charge is 0.493 e. The van der Waals surface area contributed by atoms with Crippen molar-refractivity contribution in [2.45, 2.75) is 13.3 Å². The zero-order valence-corrected chi connectivity index (χ0v) is 13.9. The number of hydrogen-bond acceptors (Lipinski definition) is 5. The van der Waals surface area contributed by atoms with Crippen LogP contribution in [0.25, 0.3) is 0 Å².